The summed E-state index contributed by atoms with van der Waals surface area (Å²) >= 11 is 0. The Morgan fingerprint density at radius 2 is 0.816 bits per heavy atom. The Hall–Kier alpha value is -5.74. The standard InChI is InChI=1S/C45H38O4/c1-29(2)43(46)48-27-25-45(26-28-49-44(47)30(3)4)41-37(35-19-9-15-31-13-5-7-17-33(31)35)21-11-23-39(41)40-24-12-22-38(42(40)45)36-20-10-16-32-14-6-8-18-34(32)36/h5-24H,1,3,25-28H2,2,4H3. The fraction of sp³-hybridized carbons (Fsp3) is 0.156. The number of esters is 2. The molecule has 242 valence electrons. The highest BCUT2D eigenvalue weighted by molar-refractivity contribution is 6.03. The molecule has 0 spiro atoms. The number of fused-ring (bicyclic) bond motifs is 5. The van der Waals surface area contributed by atoms with Crippen molar-refractivity contribution in [3.05, 3.63) is 157 Å². The third-order valence-electron chi connectivity index (χ3n) is 9.76. The number of hydrogen-bond acceptors (Lipinski definition) is 4. The van der Waals surface area contributed by atoms with Gasteiger partial charge in [0.2, 0.25) is 0 Å². The van der Waals surface area contributed by atoms with Gasteiger partial charge >= 0.3 is 11.9 Å². The molecule has 0 saturated heterocycles. The van der Waals surface area contributed by atoms with Gasteiger partial charge in [-0.2, -0.15) is 0 Å². The second-order valence-electron chi connectivity index (χ2n) is 12.9. The van der Waals surface area contributed by atoms with E-state index in [0.717, 1.165) is 66.1 Å². The number of rotatable bonds is 10. The van der Waals surface area contributed by atoms with E-state index in [4.69, 9.17) is 9.47 Å². The van der Waals surface area contributed by atoms with Crippen LogP contribution in [0.4, 0.5) is 0 Å². The van der Waals surface area contributed by atoms with Crippen LogP contribution < -0.4 is 0 Å². The van der Waals surface area contributed by atoms with E-state index in [0.29, 0.717) is 24.0 Å². The smallest absolute Gasteiger partial charge is 0.333 e. The van der Waals surface area contributed by atoms with Crippen LogP contribution in [0.3, 0.4) is 0 Å². The van der Waals surface area contributed by atoms with Crippen molar-refractivity contribution in [3.8, 4) is 33.4 Å². The van der Waals surface area contributed by atoms with Crippen molar-refractivity contribution >= 4 is 33.5 Å². The lowest BCUT2D eigenvalue weighted by Gasteiger charge is -2.35. The Kier molecular flexibility index (Phi) is 8.48. The van der Waals surface area contributed by atoms with E-state index in [2.05, 4.69) is 134 Å². The fourth-order valence-corrected chi connectivity index (χ4v) is 7.59. The monoisotopic (exact) mass is 642 g/mol. The molecular weight excluding hydrogens is 604 g/mol. The van der Waals surface area contributed by atoms with E-state index in [1.165, 1.54) is 0 Å². The Bertz CT molecular complexity index is 2120. The molecule has 0 amide bonds. The molecule has 49 heavy (non-hydrogen) atoms. The van der Waals surface area contributed by atoms with E-state index in [1.807, 2.05) is 0 Å². The molecule has 0 saturated carbocycles. The number of benzene rings is 6. The molecular formula is C45H38O4. The Balaban J connectivity index is 1.52. The summed E-state index contributed by atoms with van der Waals surface area (Å²) < 4.78 is 11.7. The van der Waals surface area contributed by atoms with Crippen molar-refractivity contribution < 1.29 is 19.1 Å². The second kappa shape index (κ2) is 13.0. The molecule has 0 radical (unpaired) electrons. The van der Waals surface area contributed by atoms with Gasteiger partial charge in [0.15, 0.2) is 0 Å². The summed E-state index contributed by atoms with van der Waals surface area (Å²) in [6.45, 7) is 11.2. The summed E-state index contributed by atoms with van der Waals surface area (Å²) in [6.07, 6.45) is 0.945. The molecule has 0 aromatic heterocycles. The zero-order chi connectivity index (χ0) is 34.1. The van der Waals surface area contributed by atoms with Crippen LogP contribution in [-0.4, -0.2) is 25.2 Å². The number of carbonyl (C=O) groups is 2. The van der Waals surface area contributed by atoms with Gasteiger partial charge in [0, 0.05) is 16.6 Å². The average Bonchev–Trinajstić information content (AvgIpc) is 3.41. The molecule has 0 fully saturated rings. The number of carbonyl (C=O) groups excluding carboxylic acids is 2. The first kappa shape index (κ1) is 31.8. The molecule has 4 heteroatoms. The fourth-order valence-electron chi connectivity index (χ4n) is 7.59. The maximum atomic E-state index is 12.8. The minimum atomic E-state index is -0.698. The maximum Gasteiger partial charge on any atom is 0.333 e. The first-order valence-corrected chi connectivity index (χ1v) is 16.7. The third kappa shape index (κ3) is 5.63. The SMILES string of the molecule is C=C(C)C(=O)OCCC1(CCOC(=O)C(=C)C)c2c(cccc2-c2cccc3ccccc23)-c2cccc(-c3cccc4ccccc34)c21. The quantitative estimate of drug-likeness (QED) is 0.110. The summed E-state index contributed by atoms with van der Waals surface area (Å²) in [6, 6.07) is 42.7. The first-order valence-electron chi connectivity index (χ1n) is 16.7. The zero-order valence-electron chi connectivity index (χ0n) is 27.9. The van der Waals surface area contributed by atoms with Crippen LogP contribution in [0, 0.1) is 0 Å². The lowest BCUT2D eigenvalue weighted by atomic mass is 9.68. The highest BCUT2D eigenvalue weighted by atomic mass is 16.5. The molecule has 7 rings (SSSR count). The normalized spacial score (nSPS) is 12.7. The summed E-state index contributed by atoms with van der Waals surface area (Å²) in [5, 5.41) is 4.61. The van der Waals surface area contributed by atoms with Gasteiger partial charge in [-0.15, -0.1) is 0 Å². The Morgan fingerprint density at radius 1 is 0.490 bits per heavy atom. The number of ether oxygens (including phenoxy) is 2. The van der Waals surface area contributed by atoms with E-state index >= 15 is 0 Å². The zero-order valence-corrected chi connectivity index (χ0v) is 27.9. The van der Waals surface area contributed by atoms with Crippen molar-refractivity contribution in [2.45, 2.75) is 32.1 Å². The molecule has 6 aromatic rings. The Morgan fingerprint density at radius 3 is 1.22 bits per heavy atom. The van der Waals surface area contributed by atoms with Crippen LogP contribution in [-0.2, 0) is 24.5 Å². The van der Waals surface area contributed by atoms with Crippen LogP contribution in [0.1, 0.15) is 37.8 Å². The van der Waals surface area contributed by atoms with Crippen LogP contribution in [0.2, 0.25) is 0 Å². The van der Waals surface area contributed by atoms with Gasteiger partial charge in [0.05, 0.1) is 13.2 Å². The predicted molar refractivity (Wildman–Crippen MR) is 199 cm³/mol. The minimum Gasteiger partial charge on any atom is -0.462 e. The van der Waals surface area contributed by atoms with Gasteiger partial charge in [0.25, 0.3) is 0 Å². The van der Waals surface area contributed by atoms with E-state index in [-0.39, 0.29) is 13.2 Å². The molecule has 1 aliphatic rings. The largest absolute Gasteiger partial charge is 0.462 e. The lowest BCUT2D eigenvalue weighted by molar-refractivity contribution is -0.139. The van der Waals surface area contributed by atoms with Crippen LogP contribution in [0.25, 0.3) is 54.9 Å². The van der Waals surface area contributed by atoms with Gasteiger partial charge in [0.1, 0.15) is 0 Å². The summed E-state index contributed by atoms with van der Waals surface area (Å²) in [4.78, 5) is 25.5. The van der Waals surface area contributed by atoms with Gasteiger partial charge < -0.3 is 9.47 Å². The minimum absolute atomic E-state index is 0.159. The van der Waals surface area contributed by atoms with Crippen molar-refractivity contribution in [2.24, 2.45) is 0 Å². The predicted octanol–water partition coefficient (Wildman–Crippen LogP) is 10.6. The molecule has 0 aliphatic heterocycles. The molecule has 0 N–H and O–H groups in total. The van der Waals surface area contributed by atoms with Gasteiger partial charge in [-0.25, -0.2) is 9.59 Å². The lowest BCUT2D eigenvalue weighted by Crippen LogP contribution is -2.31. The van der Waals surface area contributed by atoms with Crippen molar-refractivity contribution in [1.29, 1.82) is 0 Å². The summed E-state index contributed by atoms with van der Waals surface area (Å²) in [5.74, 6) is -0.848. The highest BCUT2D eigenvalue weighted by Gasteiger charge is 2.46. The molecule has 0 bridgehead atoms. The third-order valence-corrected chi connectivity index (χ3v) is 9.76. The molecule has 0 unspecified atom stereocenters. The summed E-state index contributed by atoms with van der Waals surface area (Å²) in [5.41, 5.74) is 9.00. The van der Waals surface area contributed by atoms with Crippen molar-refractivity contribution in [2.75, 3.05) is 13.2 Å². The van der Waals surface area contributed by atoms with Crippen LogP contribution in [0.15, 0.2) is 146 Å². The molecule has 0 heterocycles. The van der Waals surface area contributed by atoms with Gasteiger partial charge in [-0.05, 0) is 92.7 Å². The Labute approximate surface area is 287 Å². The van der Waals surface area contributed by atoms with Crippen molar-refractivity contribution in [1.82, 2.24) is 0 Å². The number of hydrogen-bond donors (Lipinski definition) is 0. The van der Waals surface area contributed by atoms with Crippen molar-refractivity contribution in [3.63, 3.8) is 0 Å². The van der Waals surface area contributed by atoms with Crippen LogP contribution >= 0.6 is 0 Å². The molecule has 0 atom stereocenters. The summed E-state index contributed by atoms with van der Waals surface area (Å²) in [7, 11) is 0. The van der Waals surface area contributed by atoms with Gasteiger partial charge in [-0.1, -0.05) is 134 Å². The molecule has 4 nitrogen and oxygen atoms in total. The average molecular weight is 643 g/mol. The molecule has 6 aromatic carbocycles. The van der Waals surface area contributed by atoms with E-state index in [9.17, 15) is 9.59 Å². The highest BCUT2D eigenvalue weighted by Crippen LogP contribution is 2.59. The second-order valence-corrected chi connectivity index (χ2v) is 12.9. The first-order chi connectivity index (χ1) is 23.8. The molecule has 1 aliphatic carbocycles. The van der Waals surface area contributed by atoms with E-state index < -0.39 is 17.4 Å². The maximum absolute atomic E-state index is 12.8. The van der Waals surface area contributed by atoms with Crippen LogP contribution in [0.5, 0.6) is 0 Å². The van der Waals surface area contributed by atoms with Gasteiger partial charge in [-0.3, -0.25) is 0 Å². The topological polar surface area (TPSA) is 52.6 Å². The van der Waals surface area contributed by atoms with E-state index in [1.54, 1.807) is 13.8 Å².